The molecule has 0 bridgehead atoms. The first kappa shape index (κ1) is 14.3. The smallest absolute Gasteiger partial charge is 0.162 e. The normalized spacial score (nSPS) is 10.9. The van der Waals surface area contributed by atoms with Crippen LogP contribution in [0.15, 0.2) is 18.2 Å². The van der Waals surface area contributed by atoms with Crippen molar-refractivity contribution >= 4 is 5.82 Å². The molecule has 2 aromatic rings. The number of hydrogen-bond acceptors (Lipinski definition) is 4. The standard InChI is InChI=1S/C14H16F2N4/c1-7(2)12-8(3)18-13(19-14(12)20-17)9-4-10(15)6-11(16)5-9/h4-7H,17H2,1-3H3,(H,18,19,20). The van der Waals surface area contributed by atoms with E-state index in [9.17, 15) is 8.78 Å². The van der Waals surface area contributed by atoms with Crippen molar-refractivity contribution in [1.82, 2.24) is 9.97 Å². The summed E-state index contributed by atoms with van der Waals surface area (Å²) < 4.78 is 26.5. The molecule has 0 aliphatic carbocycles. The molecule has 0 saturated carbocycles. The number of hydrogen-bond donors (Lipinski definition) is 2. The second-order valence-corrected chi connectivity index (χ2v) is 4.85. The lowest BCUT2D eigenvalue weighted by Crippen LogP contribution is -2.14. The number of nitrogens with zero attached hydrogens (tertiary/aromatic N) is 2. The first-order valence-electron chi connectivity index (χ1n) is 6.24. The van der Waals surface area contributed by atoms with E-state index < -0.39 is 11.6 Å². The lowest BCUT2D eigenvalue weighted by Gasteiger charge is -2.15. The molecule has 1 aromatic carbocycles. The number of aryl methyl sites for hydroxylation is 1. The molecule has 0 saturated heterocycles. The highest BCUT2D eigenvalue weighted by atomic mass is 19.1. The molecule has 1 aromatic heterocycles. The van der Waals surface area contributed by atoms with Gasteiger partial charge in [-0.05, 0) is 25.0 Å². The Kier molecular flexibility index (Phi) is 3.94. The molecule has 3 N–H and O–H groups in total. The van der Waals surface area contributed by atoms with E-state index in [0.29, 0.717) is 5.82 Å². The highest BCUT2D eigenvalue weighted by Crippen LogP contribution is 2.28. The van der Waals surface area contributed by atoms with Crippen molar-refractivity contribution in [1.29, 1.82) is 0 Å². The molecule has 1 heterocycles. The van der Waals surface area contributed by atoms with Gasteiger partial charge in [0, 0.05) is 22.9 Å². The molecule has 0 amide bonds. The fraction of sp³-hybridized carbons (Fsp3) is 0.286. The van der Waals surface area contributed by atoms with Crippen molar-refractivity contribution in [2.75, 3.05) is 5.43 Å². The molecule has 0 unspecified atom stereocenters. The zero-order valence-corrected chi connectivity index (χ0v) is 11.5. The Morgan fingerprint density at radius 3 is 2.20 bits per heavy atom. The first-order valence-corrected chi connectivity index (χ1v) is 6.24. The number of aromatic nitrogens is 2. The fourth-order valence-electron chi connectivity index (χ4n) is 2.19. The van der Waals surface area contributed by atoms with Gasteiger partial charge in [-0.1, -0.05) is 13.8 Å². The second kappa shape index (κ2) is 5.50. The molecule has 0 radical (unpaired) electrons. The van der Waals surface area contributed by atoms with E-state index in [1.807, 2.05) is 20.8 Å². The van der Waals surface area contributed by atoms with Crippen LogP contribution in [0.2, 0.25) is 0 Å². The van der Waals surface area contributed by atoms with Crippen LogP contribution in [0.25, 0.3) is 11.4 Å². The van der Waals surface area contributed by atoms with E-state index in [-0.39, 0.29) is 17.3 Å². The summed E-state index contributed by atoms with van der Waals surface area (Å²) in [5, 5.41) is 0. The molecular formula is C14H16F2N4. The number of benzene rings is 1. The van der Waals surface area contributed by atoms with Crippen LogP contribution in [-0.4, -0.2) is 9.97 Å². The molecular weight excluding hydrogens is 262 g/mol. The summed E-state index contributed by atoms with van der Waals surface area (Å²) in [4.78, 5) is 8.56. The predicted molar refractivity (Wildman–Crippen MR) is 74.0 cm³/mol. The van der Waals surface area contributed by atoms with Crippen LogP contribution in [0.3, 0.4) is 0 Å². The van der Waals surface area contributed by atoms with Gasteiger partial charge < -0.3 is 5.43 Å². The van der Waals surface area contributed by atoms with Crippen LogP contribution >= 0.6 is 0 Å². The monoisotopic (exact) mass is 278 g/mol. The van der Waals surface area contributed by atoms with Gasteiger partial charge in [-0.2, -0.15) is 0 Å². The van der Waals surface area contributed by atoms with E-state index in [0.717, 1.165) is 17.3 Å². The highest BCUT2D eigenvalue weighted by Gasteiger charge is 2.15. The Morgan fingerprint density at radius 1 is 1.10 bits per heavy atom. The number of rotatable bonds is 3. The van der Waals surface area contributed by atoms with Gasteiger partial charge in [0.05, 0.1) is 0 Å². The van der Waals surface area contributed by atoms with Crippen LogP contribution in [0.5, 0.6) is 0 Å². The Balaban J connectivity index is 2.61. The van der Waals surface area contributed by atoms with Crippen LogP contribution < -0.4 is 11.3 Å². The molecule has 0 fully saturated rings. The topological polar surface area (TPSA) is 63.8 Å². The molecule has 0 aliphatic rings. The van der Waals surface area contributed by atoms with Gasteiger partial charge in [0.2, 0.25) is 0 Å². The van der Waals surface area contributed by atoms with Gasteiger partial charge in [-0.25, -0.2) is 24.6 Å². The zero-order chi connectivity index (χ0) is 14.9. The molecule has 0 atom stereocenters. The molecule has 106 valence electrons. The maximum atomic E-state index is 13.3. The van der Waals surface area contributed by atoms with E-state index in [1.165, 1.54) is 12.1 Å². The Hall–Kier alpha value is -2.08. The quantitative estimate of drug-likeness (QED) is 0.668. The number of anilines is 1. The van der Waals surface area contributed by atoms with E-state index in [4.69, 9.17) is 5.84 Å². The molecule has 2 rings (SSSR count). The molecule has 20 heavy (non-hydrogen) atoms. The first-order chi connectivity index (χ1) is 9.42. The summed E-state index contributed by atoms with van der Waals surface area (Å²) in [7, 11) is 0. The average molecular weight is 278 g/mol. The van der Waals surface area contributed by atoms with Crippen molar-refractivity contribution in [3.05, 3.63) is 41.1 Å². The maximum Gasteiger partial charge on any atom is 0.162 e. The Bertz CT molecular complexity index is 621. The van der Waals surface area contributed by atoms with Crippen molar-refractivity contribution in [2.45, 2.75) is 26.7 Å². The van der Waals surface area contributed by atoms with Crippen molar-refractivity contribution < 1.29 is 8.78 Å². The molecule has 0 spiro atoms. The maximum absolute atomic E-state index is 13.3. The van der Waals surface area contributed by atoms with Crippen molar-refractivity contribution in [3.63, 3.8) is 0 Å². The molecule has 0 aliphatic heterocycles. The third-order valence-corrected chi connectivity index (χ3v) is 2.97. The van der Waals surface area contributed by atoms with Gasteiger partial charge in [-0.3, -0.25) is 0 Å². The zero-order valence-electron chi connectivity index (χ0n) is 11.5. The molecule has 4 nitrogen and oxygen atoms in total. The van der Waals surface area contributed by atoms with Crippen molar-refractivity contribution in [3.8, 4) is 11.4 Å². The second-order valence-electron chi connectivity index (χ2n) is 4.85. The van der Waals surface area contributed by atoms with Crippen LogP contribution in [0, 0.1) is 18.6 Å². The largest absolute Gasteiger partial charge is 0.308 e. The summed E-state index contributed by atoms with van der Waals surface area (Å²) in [6, 6.07) is 3.18. The van der Waals surface area contributed by atoms with Crippen molar-refractivity contribution in [2.24, 2.45) is 5.84 Å². The minimum Gasteiger partial charge on any atom is -0.308 e. The highest BCUT2D eigenvalue weighted by molar-refractivity contribution is 5.60. The van der Waals surface area contributed by atoms with Gasteiger partial charge in [0.25, 0.3) is 0 Å². The van der Waals surface area contributed by atoms with Gasteiger partial charge in [0.15, 0.2) is 5.82 Å². The summed E-state index contributed by atoms with van der Waals surface area (Å²) >= 11 is 0. The summed E-state index contributed by atoms with van der Waals surface area (Å²) in [6.45, 7) is 5.80. The summed E-state index contributed by atoms with van der Waals surface area (Å²) in [5.74, 6) is 5.02. The minimum atomic E-state index is -0.670. The SMILES string of the molecule is Cc1nc(-c2cc(F)cc(F)c2)nc(NN)c1C(C)C. The third kappa shape index (κ3) is 2.75. The van der Waals surface area contributed by atoms with E-state index in [2.05, 4.69) is 15.4 Å². The van der Waals surface area contributed by atoms with Crippen LogP contribution in [0.4, 0.5) is 14.6 Å². The van der Waals surface area contributed by atoms with E-state index in [1.54, 1.807) is 0 Å². The van der Waals surface area contributed by atoms with Gasteiger partial charge in [-0.15, -0.1) is 0 Å². The van der Waals surface area contributed by atoms with Gasteiger partial charge in [0.1, 0.15) is 17.5 Å². The number of nitrogens with two attached hydrogens (primary N) is 1. The average Bonchev–Trinajstić information content (AvgIpc) is 2.35. The lowest BCUT2D eigenvalue weighted by atomic mass is 10.0. The Morgan fingerprint density at radius 2 is 1.70 bits per heavy atom. The summed E-state index contributed by atoms with van der Waals surface area (Å²) in [5.41, 5.74) is 4.40. The van der Waals surface area contributed by atoms with Crippen LogP contribution in [0.1, 0.15) is 31.0 Å². The summed E-state index contributed by atoms with van der Waals surface area (Å²) in [6.07, 6.45) is 0. The Labute approximate surface area is 116 Å². The number of nitrogen functional groups attached to an aromatic ring is 1. The third-order valence-electron chi connectivity index (χ3n) is 2.97. The minimum absolute atomic E-state index is 0.180. The fourth-order valence-corrected chi connectivity index (χ4v) is 2.19. The van der Waals surface area contributed by atoms with E-state index >= 15 is 0 Å². The number of hydrazine groups is 1. The lowest BCUT2D eigenvalue weighted by molar-refractivity contribution is 0.584. The number of nitrogens with one attached hydrogen (secondary N) is 1. The van der Waals surface area contributed by atoms with Crippen LogP contribution in [-0.2, 0) is 0 Å². The number of halogens is 2. The van der Waals surface area contributed by atoms with Gasteiger partial charge >= 0.3 is 0 Å². The molecule has 6 heteroatoms. The predicted octanol–water partition coefficient (Wildman–Crippen LogP) is 3.14.